The Labute approximate surface area is 151 Å². The van der Waals surface area contributed by atoms with E-state index in [1.165, 1.54) is 4.68 Å². The van der Waals surface area contributed by atoms with Gasteiger partial charge >= 0.3 is 0 Å². The highest BCUT2D eigenvalue weighted by Gasteiger charge is 2.12. The number of carbonyl (C=O) groups is 1. The number of fused-ring (bicyclic) bond motifs is 1. The fourth-order valence-corrected chi connectivity index (χ4v) is 2.62. The van der Waals surface area contributed by atoms with E-state index in [2.05, 4.69) is 5.10 Å². The maximum absolute atomic E-state index is 12.4. The predicted molar refractivity (Wildman–Crippen MR) is 100 cm³/mol. The summed E-state index contributed by atoms with van der Waals surface area (Å²) in [5.74, 6) is 0.615. The molecule has 0 unspecified atom stereocenters. The van der Waals surface area contributed by atoms with Crippen LogP contribution in [-0.4, -0.2) is 40.8 Å². The van der Waals surface area contributed by atoms with Crippen molar-refractivity contribution in [2.24, 2.45) is 0 Å². The molecule has 0 spiro atoms. The molecule has 134 valence electrons. The number of hydrogen-bond donors (Lipinski definition) is 0. The van der Waals surface area contributed by atoms with Crippen molar-refractivity contribution in [3.05, 3.63) is 70.6 Å². The number of aryl methyl sites for hydroxylation is 1. The summed E-state index contributed by atoms with van der Waals surface area (Å²) >= 11 is 0. The highest BCUT2D eigenvalue weighted by molar-refractivity contribution is 5.81. The van der Waals surface area contributed by atoms with E-state index in [9.17, 15) is 9.59 Å². The molecule has 6 heteroatoms. The molecule has 0 aliphatic rings. The molecule has 0 bridgehead atoms. The Balaban J connectivity index is 1.60. The second-order valence-electron chi connectivity index (χ2n) is 6.12. The zero-order valence-electron chi connectivity index (χ0n) is 14.9. The average Bonchev–Trinajstić information content (AvgIpc) is 2.65. The van der Waals surface area contributed by atoms with Gasteiger partial charge in [-0.2, -0.15) is 5.10 Å². The number of para-hydroxylation sites is 1. The van der Waals surface area contributed by atoms with E-state index < -0.39 is 0 Å². The average molecular weight is 351 g/mol. The third-order valence-electron chi connectivity index (χ3n) is 4.25. The van der Waals surface area contributed by atoms with Crippen molar-refractivity contribution < 1.29 is 9.53 Å². The number of hydrogen-bond acceptors (Lipinski definition) is 4. The lowest BCUT2D eigenvalue weighted by Crippen LogP contribution is -2.37. The lowest BCUT2D eigenvalue weighted by Gasteiger charge is -2.18. The number of amides is 1. The minimum absolute atomic E-state index is 0.0927. The molecule has 1 aromatic heterocycles. The minimum atomic E-state index is -0.263. The van der Waals surface area contributed by atoms with E-state index in [-0.39, 0.29) is 18.0 Å². The maximum Gasteiger partial charge on any atom is 0.275 e. The molecule has 0 saturated carbocycles. The Kier molecular flexibility index (Phi) is 5.31. The highest BCUT2D eigenvalue weighted by atomic mass is 16.5. The third-order valence-corrected chi connectivity index (χ3v) is 4.25. The van der Waals surface area contributed by atoms with Crippen molar-refractivity contribution in [1.82, 2.24) is 14.7 Å². The second-order valence-corrected chi connectivity index (χ2v) is 6.12. The molecule has 3 aromatic rings. The van der Waals surface area contributed by atoms with Crippen molar-refractivity contribution in [2.75, 3.05) is 20.2 Å². The molecule has 2 aromatic carbocycles. The van der Waals surface area contributed by atoms with Crippen LogP contribution < -0.4 is 10.3 Å². The molecule has 0 saturated heterocycles. The smallest absolute Gasteiger partial charge is 0.275 e. The Morgan fingerprint density at radius 3 is 2.69 bits per heavy atom. The summed E-state index contributed by atoms with van der Waals surface area (Å²) in [6.45, 7) is 2.69. The summed E-state index contributed by atoms with van der Waals surface area (Å²) in [5.41, 5.74) is 0.786. The zero-order chi connectivity index (χ0) is 18.5. The molecule has 6 nitrogen and oxygen atoms in total. The highest BCUT2D eigenvalue weighted by Crippen LogP contribution is 2.15. The number of carbonyl (C=O) groups excluding carboxylic acids is 1. The van der Waals surface area contributed by atoms with Crippen molar-refractivity contribution in [3.8, 4) is 5.75 Å². The third kappa shape index (κ3) is 3.91. The molecule has 0 fully saturated rings. The van der Waals surface area contributed by atoms with Gasteiger partial charge in [0.2, 0.25) is 5.91 Å². The van der Waals surface area contributed by atoms with E-state index in [1.54, 1.807) is 30.3 Å². The largest absolute Gasteiger partial charge is 0.491 e. The monoisotopic (exact) mass is 351 g/mol. The van der Waals surface area contributed by atoms with Crippen LogP contribution in [-0.2, 0) is 11.3 Å². The first-order valence-electron chi connectivity index (χ1n) is 8.43. The lowest BCUT2D eigenvalue weighted by atomic mass is 10.2. The maximum atomic E-state index is 12.4. The molecule has 26 heavy (non-hydrogen) atoms. The fourth-order valence-electron chi connectivity index (χ4n) is 2.62. The van der Waals surface area contributed by atoms with Crippen LogP contribution in [0, 0.1) is 6.92 Å². The molecule has 1 heterocycles. The van der Waals surface area contributed by atoms with Gasteiger partial charge in [-0.25, -0.2) is 4.68 Å². The van der Waals surface area contributed by atoms with Crippen molar-refractivity contribution in [3.63, 3.8) is 0 Å². The van der Waals surface area contributed by atoms with Crippen LogP contribution in [0.4, 0.5) is 0 Å². The fraction of sp³-hybridized carbons (Fsp3) is 0.250. The van der Waals surface area contributed by atoms with E-state index in [4.69, 9.17) is 4.74 Å². The van der Waals surface area contributed by atoms with Crippen molar-refractivity contribution >= 4 is 16.7 Å². The van der Waals surface area contributed by atoms with Crippen LogP contribution in [0.1, 0.15) is 5.56 Å². The number of likely N-dealkylation sites (N-methyl/N-ethyl adjacent to an activating group) is 1. The van der Waals surface area contributed by atoms with E-state index in [0.717, 1.165) is 16.7 Å². The van der Waals surface area contributed by atoms with Crippen LogP contribution in [0.15, 0.2) is 59.5 Å². The minimum Gasteiger partial charge on any atom is -0.491 e. The molecule has 0 radical (unpaired) electrons. The topological polar surface area (TPSA) is 64.4 Å². The van der Waals surface area contributed by atoms with Gasteiger partial charge in [-0.3, -0.25) is 9.59 Å². The van der Waals surface area contributed by atoms with Crippen molar-refractivity contribution in [2.45, 2.75) is 13.5 Å². The number of nitrogens with zero attached hydrogens (tertiary/aromatic N) is 3. The summed E-state index contributed by atoms with van der Waals surface area (Å²) in [4.78, 5) is 26.4. The molecular weight excluding hydrogens is 330 g/mol. The summed E-state index contributed by atoms with van der Waals surface area (Å²) < 4.78 is 6.91. The van der Waals surface area contributed by atoms with E-state index in [0.29, 0.717) is 18.5 Å². The van der Waals surface area contributed by atoms with Gasteiger partial charge < -0.3 is 9.64 Å². The number of benzene rings is 2. The van der Waals surface area contributed by atoms with Gasteiger partial charge in [0.15, 0.2) is 0 Å². The number of ether oxygens (including phenoxy) is 1. The standard InChI is InChI=1S/C20H21N3O3/c1-15-7-3-6-10-18(15)26-12-11-22(2)19(24)14-23-20(25)17-9-5-4-8-16(17)13-21-23/h3-10,13H,11-12,14H2,1-2H3. The predicted octanol–water partition coefficient (Wildman–Crippen LogP) is 2.24. The number of aromatic nitrogens is 2. The summed E-state index contributed by atoms with van der Waals surface area (Å²) in [7, 11) is 1.69. The SMILES string of the molecule is Cc1ccccc1OCCN(C)C(=O)Cn1ncc2ccccc2c1=O. The Hall–Kier alpha value is -3.15. The first-order valence-corrected chi connectivity index (χ1v) is 8.43. The summed E-state index contributed by atoms with van der Waals surface area (Å²) in [6, 6.07) is 14.9. The van der Waals surface area contributed by atoms with Crippen LogP contribution in [0.5, 0.6) is 5.75 Å². The Bertz CT molecular complexity index is 981. The molecule has 1 amide bonds. The van der Waals surface area contributed by atoms with Gasteiger partial charge in [0, 0.05) is 12.4 Å². The quantitative estimate of drug-likeness (QED) is 0.683. The van der Waals surface area contributed by atoms with Crippen LogP contribution in [0.2, 0.25) is 0 Å². The molecular formula is C20H21N3O3. The van der Waals surface area contributed by atoms with Gasteiger partial charge in [-0.15, -0.1) is 0 Å². The molecule has 0 aliphatic heterocycles. The van der Waals surface area contributed by atoms with Gasteiger partial charge in [0.05, 0.1) is 18.1 Å². The van der Waals surface area contributed by atoms with Crippen LogP contribution >= 0.6 is 0 Å². The summed E-state index contributed by atoms with van der Waals surface area (Å²) in [5, 5.41) is 5.42. The molecule has 0 atom stereocenters. The van der Waals surface area contributed by atoms with Gasteiger partial charge in [-0.1, -0.05) is 36.4 Å². The first-order chi connectivity index (χ1) is 12.6. The normalized spacial score (nSPS) is 10.7. The van der Waals surface area contributed by atoms with Gasteiger partial charge in [0.25, 0.3) is 5.56 Å². The van der Waals surface area contributed by atoms with Gasteiger partial charge in [-0.05, 0) is 24.6 Å². The van der Waals surface area contributed by atoms with Crippen LogP contribution in [0.25, 0.3) is 10.8 Å². The van der Waals surface area contributed by atoms with Crippen LogP contribution in [0.3, 0.4) is 0 Å². The lowest BCUT2D eigenvalue weighted by molar-refractivity contribution is -0.131. The molecule has 3 rings (SSSR count). The Morgan fingerprint density at radius 1 is 1.15 bits per heavy atom. The van der Waals surface area contributed by atoms with E-state index in [1.807, 2.05) is 43.3 Å². The summed E-state index contributed by atoms with van der Waals surface area (Å²) in [6.07, 6.45) is 1.60. The Morgan fingerprint density at radius 2 is 1.88 bits per heavy atom. The molecule has 0 aliphatic carbocycles. The van der Waals surface area contributed by atoms with E-state index >= 15 is 0 Å². The zero-order valence-corrected chi connectivity index (χ0v) is 14.9. The number of rotatable bonds is 6. The first kappa shape index (κ1) is 17.7. The van der Waals surface area contributed by atoms with Crippen molar-refractivity contribution in [1.29, 1.82) is 0 Å². The second kappa shape index (κ2) is 7.82. The molecule has 0 N–H and O–H groups in total. The van der Waals surface area contributed by atoms with Gasteiger partial charge in [0.1, 0.15) is 18.9 Å².